The number of carboxylic acids is 1. The number of β-lactam (4-membered cyclic amide) rings is 1. The molecule has 0 aliphatic carbocycles. The fourth-order valence-electron chi connectivity index (χ4n) is 2.50. The maximum atomic E-state index is 12.2. The Hall–Kier alpha value is -2.00. The number of rotatable bonds is 5. The van der Waals surface area contributed by atoms with E-state index in [9.17, 15) is 19.5 Å². The molecule has 122 valence electrons. The summed E-state index contributed by atoms with van der Waals surface area (Å²) in [5.41, 5.74) is -0.00606. The van der Waals surface area contributed by atoms with E-state index in [0.29, 0.717) is 0 Å². The van der Waals surface area contributed by atoms with Crippen molar-refractivity contribution in [3.05, 3.63) is 29.3 Å². The summed E-state index contributed by atoms with van der Waals surface area (Å²) in [4.78, 5) is 36.6. The lowest BCUT2D eigenvalue weighted by atomic mass is 10.0. The van der Waals surface area contributed by atoms with Crippen molar-refractivity contribution in [3.63, 3.8) is 0 Å². The largest absolute Gasteiger partial charge is 0.477 e. The molecular weight excluding hydrogens is 338 g/mol. The van der Waals surface area contributed by atoms with Crippen LogP contribution < -0.4 is 10.6 Å². The van der Waals surface area contributed by atoms with E-state index in [1.165, 1.54) is 28.0 Å². The van der Waals surface area contributed by atoms with Gasteiger partial charge in [-0.15, -0.1) is 23.1 Å². The zero-order valence-corrected chi connectivity index (χ0v) is 13.8. The molecule has 23 heavy (non-hydrogen) atoms. The first kappa shape index (κ1) is 15.9. The number of carbonyl (C=O) groups excluding carboxylic acids is 2. The molecule has 1 fully saturated rings. The Morgan fingerprint density at radius 3 is 2.87 bits per heavy atom. The smallest absolute Gasteiger partial charge is 0.352 e. The topological polar surface area (TPSA) is 98.7 Å². The summed E-state index contributed by atoms with van der Waals surface area (Å²) < 4.78 is 0. The zero-order chi connectivity index (χ0) is 16.6. The molecular formula is C14H15N3O4S2. The first-order chi connectivity index (χ1) is 11.0. The van der Waals surface area contributed by atoms with Crippen LogP contribution in [0.3, 0.4) is 0 Å². The van der Waals surface area contributed by atoms with Crippen LogP contribution in [0, 0.1) is 0 Å². The predicted octanol–water partition coefficient (Wildman–Crippen LogP) is 0.917. The van der Waals surface area contributed by atoms with Crippen LogP contribution in [-0.2, 0) is 14.4 Å². The second kappa shape index (κ2) is 6.25. The van der Waals surface area contributed by atoms with Crippen LogP contribution >= 0.6 is 23.1 Å². The molecule has 2 amide bonds. The average molecular weight is 353 g/mol. The van der Waals surface area contributed by atoms with Crippen LogP contribution in [0.4, 0.5) is 5.00 Å². The van der Waals surface area contributed by atoms with Gasteiger partial charge in [-0.05, 0) is 30.5 Å². The molecule has 3 heterocycles. The van der Waals surface area contributed by atoms with E-state index in [1.807, 2.05) is 24.4 Å². The molecule has 0 bridgehead atoms. The minimum atomic E-state index is -1.13. The van der Waals surface area contributed by atoms with Crippen molar-refractivity contribution in [1.29, 1.82) is 0 Å². The van der Waals surface area contributed by atoms with Gasteiger partial charge in [0.05, 0.1) is 11.5 Å². The lowest BCUT2D eigenvalue weighted by Gasteiger charge is -2.49. The van der Waals surface area contributed by atoms with Crippen LogP contribution in [0.1, 0.15) is 6.92 Å². The minimum absolute atomic E-state index is 0.00606. The summed E-state index contributed by atoms with van der Waals surface area (Å²) in [6, 6.07) is 3.05. The van der Waals surface area contributed by atoms with Crippen molar-refractivity contribution in [2.75, 3.05) is 11.9 Å². The molecule has 2 aliphatic rings. The van der Waals surface area contributed by atoms with Crippen molar-refractivity contribution in [3.8, 4) is 0 Å². The van der Waals surface area contributed by atoms with Crippen LogP contribution in [-0.4, -0.2) is 51.0 Å². The summed E-state index contributed by atoms with van der Waals surface area (Å²) in [6.07, 6.45) is 1.55. The van der Waals surface area contributed by atoms with Crippen LogP contribution in [0.25, 0.3) is 0 Å². The highest BCUT2D eigenvalue weighted by Crippen LogP contribution is 2.40. The summed E-state index contributed by atoms with van der Waals surface area (Å²) >= 11 is 2.94. The molecule has 0 spiro atoms. The molecule has 1 saturated heterocycles. The van der Waals surface area contributed by atoms with Gasteiger partial charge in [-0.3, -0.25) is 14.5 Å². The fourth-order valence-corrected chi connectivity index (χ4v) is 4.44. The molecule has 9 heteroatoms. The highest BCUT2D eigenvalue weighted by atomic mass is 32.2. The Morgan fingerprint density at radius 2 is 2.22 bits per heavy atom. The molecule has 1 aromatic heterocycles. The Balaban J connectivity index is 1.60. The minimum Gasteiger partial charge on any atom is -0.477 e. The number of hydrogen-bond acceptors (Lipinski definition) is 6. The fraction of sp³-hybridized carbons (Fsp3) is 0.357. The van der Waals surface area contributed by atoms with Gasteiger partial charge in [0.25, 0.3) is 5.91 Å². The van der Waals surface area contributed by atoms with Gasteiger partial charge in [0, 0.05) is 5.25 Å². The standard InChI is InChI=1S/C14H15N3O4S2/c1-7-5-8(14(20)21)17-12(19)11(13(17)23-7)16-9(18)6-15-10-3-2-4-22-10/h2-5,7,11,13,15H,6H2,1H3,(H,16,18)(H,20,21)/t7?,11?,13-/m1/s1. The third-order valence-corrected chi connectivity index (χ3v) is 5.68. The number of fused-ring (bicyclic) bond motifs is 1. The van der Waals surface area contributed by atoms with Crippen molar-refractivity contribution < 1.29 is 19.5 Å². The number of amides is 2. The number of aliphatic carboxylic acids is 1. The maximum Gasteiger partial charge on any atom is 0.352 e. The molecule has 3 rings (SSSR count). The Labute approximate surface area is 140 Å². The number of thiophene rings is 1. The quantitative estimate of drug-likeness (QED) is 0.681. The monoisotopic (exact) mass is 353 g/mol. The van der Waals surface area contributed by atoms with E-state index in [0.717, 1.165) is 5.00 Å². The number of carboxylic acid groups (broad SMARTS) is 1. The van der Waals surface area contributed by atoms with Gasteiger partial charge in [-0.2, -0.15) is 0 Å². The van der Waals surface area contributed by atoms with E-state index >= 15 is 0 Å². The predicted molar refractivity (Wildman–Crippen MR) is 88.1 cm³/mol. The molecule has 0 aromatic carbocycles. The average Bonchev–Trinajstić information content (AvgIpc) is 3.03. The highest BCUT2D eigenvalue weighted by molar-refractivity contribution is 8.00. The van der Waals surface area contributed by atoms with Crippen molar-refractivity contribution in [1.82, 2.24) is 10.2 Å². The maximum absolute atomic E-state index is 12.2. The third kappa shape index (κ3) is 3.06. The summed E-state index contributed by atoms with van der Waals surface area (Å²) in [7, 11) is 0. The van der Waals surface area contributed by atoms with Gasteiger partial charge >= 0.3 is 5.97 Å². The highest BCUT2D eigenvalue weighted by Gasteiger charge is 2.53. The normalized spacial score (nSPS) is 26.0. The van der Waals surface area contributed by atoms with Gasteiger partial charge in [0.1, 0.15) is 17.1 Å². The Bertz CT molecular complexity index is 674. The molecule has 1 aromatic rings. The Morgan fingerprint density at radius 1 is 1.43 bits per heavy atom. The number of hydrogen-bond donors (Lipinski definition) is 3. The van der Waals surface area contributed by atoms with E-state index in [-0.39, 0.29) is 34.7 Å². The number of carbonyl (C=O) groups is 3. The van der Waals surface area contributed by atoms with Gasteiger partial charge in [0.15, 0.2) is 0 Å². The number of thioether (sulfide) groups is 1. The van der Waals surface area contributed by atoms with Gasteiger partial charge in [-0.1, -0.05) is 0 Å². The SMILES string of the molecule is CC1C=C(C(=O)O)N2C(=O)C(NC(=O)CNc3cccs3)[C@H]2S1. The van der Waals surface area contributed by atoms with Crippen LogP contribution in [0.15, 0.2) is 29.3 Å². The van der Waals surface area contributed by atoms with E-state index in [2.05, 4.69) is 10.6 Å². The first-order valence-electron chi connectivity index (χ1n) is 6.98. The van der Waals surface area contributed by atoms with E-state index in [4.69, 9.17) is 0 Å². The number of anilines is 1. The molecule has 0 saturated carbocycles. The molecule has 3 N–H and O–H groups in total. The first-order valence-corrected chi connectivity index (χ1v) is 8.80. The third-order valence-electron chi connectivity index (χ3n) is 3.53. The second-order valence-corrected chi connectivity index (χ2v) is 7.62. The molecule has 0 radical (unpaired) electrons. The lowest BCUT2D eigenvalue weighted by molar-refractivity contribution is -0.150. The van der Waals surface area contributed by atoms with Crippen molar-refractivity contribution in [2.45, 2.75) is 23.6 Å². The molecule has 2 unspecified atom stereocenters. The van der Waals surface area contributed by atoms with Gasteiger partial charge in [-0.25, -0.2) is 4.79 Å². The number of nitrogens with one attached hydrogen (secondary N) is 2. The van der Waals surface area contributed by atoms with Crippen molar-refractivity contribution >= 4 is 45.9 Å². The van der Waals surface area contributed by atoms with E-state index < -0.39 is 12.0 Å². The number of nitrogens with zero attached hydrogens (tertiary/aromatic N) is 1. The second-order valence-electron chi connectivity index (χ2n) is 5.17. The molecule has 3 atom stereocenters. The van der Waals surface area contributed by atoms with Crippen LogP contribution in [0.5, 0.6) is 0 Å². The zero-order valence-electron chi connectivity index (χ0n) is 12.2. The molecule has 7 nitrogen and oxygen atoms in total. The van der Waals surface area contributed by atoms with Gasteiger partial charge in [0.2, 0.25) is 5.91 Å². The summed E-state index contributed by atoms with van der Waals surface area (Å²) in [6.45, 7) is 1.93. The van der Waals surface area contributed by atoms with Crippen LogP contribution in [0.2, 0.25) is 0 Å². The Kier molecular flexibility index (Phi) is 4.31. The lowest BCUT2D eigenvalue weighted by Crippen LogP contribution is -2.70. The molecule has 2 aliphatic heterocycles. The summed E-state index contributed by atoms with van der Waals surface area (Å²) in [5, 5.41) is 17.2. The van der Waals surface area contributed by atoms with Gasteiger partial charge < -0.3 is 15.7 Å². The van der Waals surface area contributed by atoms with Crippen molar-refractivity contribution in [2.24, 2.45) is 0 Å². The summed E-state index contributed by atoms with van der Waals surface area (Å²) in [5.74, 6) is -1.80. The van der Waals surface area contributed by atoms with E-state index in [1.54, 1.807) is 6.08 Å².